The van der Waals surface area contributed by atoms with E-state index in [1.54, 1.807) is 0 Å². The van der Waals surface area contributed by atoms with Crippen molar-refractivity contribution in [3.05, 3.63) is 66.0 Å². The summed E-state index contributed by atoms with van der Waals surface area (Å²) in [6, 6.07) is 15.0. The average molecular weight is 270 g/mol. The standard InChI is InChI=1S/C17H22N2O/c1-3-20-13-14(2)19-17(15-7-5-4-6-8-15)16-9-11-18-12-10-16/h4-12,14,17,19H,3,13H2,1-2H3. The van der Waals surface area contributed by atoms with Crippen LogP contribution in [0.3, 0.4) is 0 Å². The van der Waals surface area contributed by atoms with Gasteiger partial charge in [-0.3, -0.25) is 4.98 Å². The first kappa shape index (κ1) is 14.7. The maximum Gasteiger partial charge on any atom is 0.0617 e. The lowest BCUT2D eigenvalue weighted by molar-refractivity contribution is 0.125. The van der Waals surface area contributed by atoms with E-state index >= 15 is 0 Å². The lowest BCUT2D eigenvalue weighted by Gasteiger charge is -2.24. The first-order chi connectivity index (χ1) is 9.81. The van der Waals surface area contributed by atoms with Crippen LogP contribution in [-0.4, -0.2) is 24.2 Å². The van der Waals surface area contributed by atoms with Gasteiger partial charge < -0.3 is 10.1 Å². The van der Waals surface area contributed by atoms with Crippen molar-refractivity contribution in [3.8, 4) is 0 Å². The van der Waals surface area contributed by atoms with Crippen LogP contribution in [0, 0.1) is 0 Å². The van der Waals surface area contributed by atoms with Gasteiger partial charge >= 0.3 is 0 Å². The molecule has 0 aliphatic heterocycles. The van der Waals surface area contributed by atoms with Gasteiger partial charge in [0.15, 0.2) is 0 Å². The minimum Gasteiger partial charge on any atom is -0.380 e. The third-order valence-corrected chi connectivity index (χ3v) is 3.20. The number of benzene rings is 1. The number of nitrogens with one attached hydrogen (secondary N) is 1. The van der Waals surface area contributed by atoms with E-state index in [0.717, 1.165) is 6.61 Å². The number of hydrogen-bond acceptors (Lipinski definition) is 3. The number of hydrogen-bond donors (Lipinski definition) is 1. The molecule has 3 heteroatoms. The second-order valence-electron chi connectivity index (χ2n) is 4.85. The third-order valence-electron chi connectivity index (χ3n) is 3.20. The molecule has 2 unspecified atom stereocenters. The third kappa shape index (κ3) is 4.15. The zero-order chi connectivity index (χ0) is 14.2. The minimum absolute atomic E-state index is 0.162. The Morgan fingerprint density at radius 1 is 1.05 bits per heavy atom. The molecule has 0 saturated carbocycles. The number of rotatable bonds is 7. The van der Waals surface area contributed by atoms with Gasteiger partial charge in [-0.2, -0.15) is 0 Å². The fourth-order valence-corrected chi connectivity index (χ4v) is 2.21. The molecule has 0 aliphatic rings. The van der Waals surface area contributed by atoms with Gasteiger partial charge in [0.25, 0.3) is 0 Å². The quantitative estimate of drug-likeness (QED) is 0.839. The molecule has 20 heavy (non-hydrogen) atoms. The average Bonchev–Trinajstić information content (AvgIpc) is 2.52. The van der Waals surface area contributed by atoms with E-state index in [1.807, 2.05) is 25.4 Å². The summed E-state index contributed by atoms with van der Waals surface area (Å²) in [5.41, 5.74) is 2.47. The highest BCUT2D eigenvalue weighted by atomic mass is 16.5. The van der Waals surface area contributed by atoms with E-state index in [1.165, 1.54) is 11.1 Å². The molecular formula is C17H22N2O. The second kappa shape index (κ2) is 7.78. The normalized spacial score (nSPS) is 13.9. The lowest BCUT2D eigenvalue weighted by atomic mass is 9.99. The summed E-state index contributed by atoms with van der Waals surface area (Å²) in [6.45, 7) is 5.62. The van der Waals surface area contributed by atoms with E-state index in [-0.39, 0.29) is 12.1 Å². The number of nitrogens with zero attached hydrogens (tertiary/aromatic N) is 1. The topological polar surface area (TPSA) is 34.1 Å². The number of pyridine rings is 1. The van der Waals surface area contributed by atoms with E-state index in [2.05, 4.69) is 53.6 Å². The molecule has 3 nitrogen and oxygen atoms in total. The predicted molar refractivity (Wildman–Crippen MR) is 81.6 cm³/mol. The van der Waals surface area contributed by atoms with Gasteiger partial charge in [-0.05, 0) is 37.1 Å². The van der Waals surface area contributed by atoms with Gasteiger partial charge in [0.1, 0.15) is 0 Å². The number of aromatic nitrogens is 1. The van der Waals surface area contributed by atoms with Crippen LogP contribution in [-0.2, 0) is 4.74 Å². The lowest BCUT2D eigenvalue weighted by Crippen LogP contribution is -2.34. The summed E-state index contributed by atoms with van der Waals surface area (Å²) >= 11 is 0. The zero-order valence-electron chi connectivity index (χ0n) is 12.1. The van der Waals surface area contributed by atoms with E-state index < -0.39 is 0 Å². The van der Waals surface area contributed by atoms with Crippen molar-refractivity contribution in [2.45, 2.75) is 25.9 Å². The maximum absolute atomic E-state index is 5.49. The highest BCUT2D eigenvalue weighted by Gasteiger charge is 2.16. The molecule has 0 bridgehead atoms. The van der Waals surface area contributed by atoms with Crippen molar-refractivity contribution in [1.29, 1.82) is 0 Å². The summed E-state index contributed by atoms with van der Waals surface area (Å²) in [7, 11) is 0. The Kier molecular flexibility index (Phi) is 5.71. The van der Waals surface area contributed by atoms with Crippen molar-refractivity contribution in [3.63, 3.8) is 0 Å². The summed E-state index contributed by atoms with van der Waals surface area (Å²) in [6.07, 6.45) is 3.67. The van der Waals surface area contributed by atoms with Crippen LogP contribution in [0.15, 0.2) is 54.9 Å². The Labute approximate surface area is 121 Å². The molecular weight excluding hydrogens is 248 g/mol. The molecule has 0 amide bonds. The van der Waals surface area contributed by atoms with E-state index in [4.69, 9.17) is 4.74 Å². The van der Waals surface area contributed by atoms with Crippen molar-refractivity contribution in [1.82, 2.24) is 10.3 Å². The molecule has 0 aliphatic carbocycles. The fourth-order valence-electron chi connectivity index (χ4n) is 2.21. The van der Waals surface area contributed by atoms with Gasteiger partial charge in [0, 0.05) is 25.0 Å². The second-order valence-corrected chi connectivity index (χ2v) is 4.85. The highest BCUT2D eigenvalue weighted by molar-refractivity contribution is 5.30. The predicted octanol–water partition coefficient (Wildman–Crippen LogP) is 3.19. The van der Waals surface area contributed by atoms with Crippen LogP contribution in [0.4, 0.5) is 0 Å². The van der Waals surface area contributed by atoms with Gasteiger partial charge in [-0.25, -0.2) is 0 Å². The first-order valence-electron chi connectivity index (χ1n) is 7.10. The summed E-state index contributed by atoms with van der Waals surface area (Å²) in [5, 5.41) is 3.63. The maximum atomic E-state index is 5.49. The smallest absolute Gasteiger partial charge is 0.0617 e. The van der Waals surface area contributed by atoms with E-state index in [9.17, 15) is 0 Å². The molecule has 0 radical (unpaired) electrons. The summed E-state index contributed by atoms with van der Waals surface area (Å²) in [4.78, 5) is 4.10. The zero-order valence-corrected chi connectivity index (χ0v) is 12.1. The van der Waals surface area contributed by atoms with Gasteiger partial charge in [-0.15, -0.1) is 0 Å². The van der Waals surface area contributed by atoms with Crippen LogP contribution in [0.1, 0.15) is 31.0 Å². The van der Waals surface area contributed by atoms with Crippen LogP contribution < -0.4 is 5.32 Å². The molecule has 2 atom stereocenters. The van der Waals surface area contributed by atoms with Gasteiger partial charge in [-0.1, -0.05) is 30.3 Å². The Morgan fingerprint density at radius 2 is 1.70 bits per heavy atom. The fraction of sp³-hybridized carbons (Fsp3) is 0.353. The van der Waals surface area contributed by atoms with Crippen LogP contribution >= 0.6 is 0 Å². The Hall–Kier alpha value is -1.71. The van der Waals surface area contributed by atoms with Crippen LogP contribution in [0.5, 0.6) is 0 Å². The van der Waals surface area contributed by atoms with Gasteiger partial charge in [0.05, 0.1) is 12.6 Å². The summed E-state index contributed by atoms with van der Waals surface area (Å²) in [5.74, 6) is 0. The molecule has 0 saturated heterocycles. The highest BCUT2D eigenvalue weighted by Crippen LogP contribution is 2.21. The van der Waals surface area contributed by atoms with Gasteiger partial charge in [0.2, 0.25) is 0 Å². The van der Waals surface area contributed by atoms with Crippen LogP contribution in [0.25, 0.3) is 0 Å². The van der Waals surface area contributed by atoms with Crippen molar-refractivity contribution < 1.29 is 4.74 Å². The van der Waals surface area contributed by atoms with Crippen LogP contribution in [0.2, 0.25) is 0 Å². The SMILES string of the molecule is CCOCC(C)NC(c1ccccc1)c1ccncc1. The molecule has 1 aromatic heterocycles. The molecule has 2 aromatic rings. The molecule has 1 aromatic carbocycles. The summed E-state index contributed by atoms with van der Waals surface area (Å²) < 4.78 is 5.49. The van der Waals surface area contributed by atoms with Crippen molar-refractivity contribution in [2.75, 3.05) is 13.2 Å². The minimum atomic E-state index is 0.162. The molecule has 106 valence electrons. The molecule has 2 rings (SSSR count). The molecule has 0 fully saturated rings. The monoisotopic (exact) mass is 270 g/mol. The Bertz CT molecular complexity index is 447. The molecule has 0 spiro atoms. The molecule has 1 heterocycles. The van der Waals surface area contributed by atoms with Crippen molar-refractivity contribution in [2.24, 2.45) is 0 Å². The number of ether oxygens (including phenoxy) is 1. The van der Waals surface area contributed by atoms with Crippen molar-refractivity contribution >= 4 is 0 Å². The molecule has 1 N–H and O–H groups in total. The largest absolute Gasteiger partial charge is 0.380 e. The Balaban J connectivity index is 2.17. The first-order valence-corrected chi connectivity index (χ1v) is 7.10. The van der Waals surface area contributed by atoms with E-state index in [0.29, 0.717) is 6.61 Å². The Morgan fingerprint density at radius 3 is 2.35 bits per heavy atom.